The maximum atomic E-state index is 13.9. The van der Waals surface area contributed by atoms with Crippen molar-refractivity contribution in [2.75, 3.05) is 20.1 Å². The largest absolute Gasteiger partial charge is 0.370 e. The van der Waals surface area contributed by atoms with Crippen LogP contribution in [0.1, 0.15) is 51.0 Å². The summed E-state index contributed by atoms with van der Waals surface area (Å²) in [6, 6.07) is 9.68. The van der Waals surface area contributed by atoms with E-state index >= 15 is 0 Å². The first-order chi connectivity index (χ1) is 15.6. The number of carbonyl (C=O) groups excluding carboxylic acids is 2. The van der Waals surface area contributed by atoms with Gasteiger partial charge in [-0.05, 0) is 44.7 Å². The molecule has 0 bridgehead atoms. The number of carbonyl (C=O) groups is 2. The van der Waals surface area contributed by atoms with E-state index in [-0.39, 0.29) is 42.0 Å². The van der Waals surface area contributed by atoms with E-state index in [1.807, 2.05) is 30.0 Å². The molecule has 3 fully saturated rings. The fourth-order valence-corrected chi connectivity index (χ4v) is 5.51. The molecule has 2 heterocycles. The number of nitrogens with one attached hydrogen (secondary N) is 3. The molecule has 0 radical (unpaired) electrons. The Morgan fingerprint density at radius 2 is 1.91 bits per heavy atom. The average molecular weight is 443 g/mol. The quantitative estimate of drug-likeness (QED) is 0.572. The van der Waals surface area contributed by atoms with E-state index in [1.165, 1.54) is 6.42 Å². The first kappa shape index (κ1) is 23.2. The van der Waals surface area contributed by atoms with E-state index in [2.05, 4.69) is 28.1 Å². The molecule has 2 aliphatic heterocycles. The van der Waals surface area contributed by atoms with Crippen LogP contribution >= 0.6 is 0 Å². The molecule has 0 aromatic heterocycles. The average Bonchev–Trinajstić information content (AvgIpc) is 3.44. The number of hydrogen-bond acceptors (Lipinski definition) is 5. The number of fused-ring (bicyclic) bond motifs is 1. The number of rotatable bonds is 8. The Hall–Kier alpha value is -1.96. The van der Waals surface area contributed by atoms with Gasteiger partial charge in [0.2, 0.25) is 11.8 Å². The Bertz CT molecular complexity index is 768. The lowest BCUT2D eigenvalue weighted by Gasteiger charge is -2.36. The zero-order chi connectivity index (χ0) is 22.5. The molecule has 3 aliphatic rings. The number of hydrogen-bond donors (Lipinski definition) is 3. The molecule has 1 aromatic carbocycles. The molecular formula is C25H38N4O3. The number of amides is 2. The number of ether oxygens (including phenoxy) is 1. The number of likely N-dealkylation sites (tertiary alicyclic amines) is 1. The molecule has 2 amide bonds. The highest BCUT2D eigenvalue weighted by Crippen LogP contribution is 2.32. The summed E-state index contributed by atoms with van der Waals surface area (Å²) in [5, 5.41) is 9.66. The Kier molecular flexibility index (Phi) is 7.81. The van der Waals surface area contributed by atoms with Gasteiger partial charge in [0, 0.05) is 19.1 Å². The zero-order valence-corrected chi connectivity index (χ0v) is 19.4. The lowest BCUT2D eigenvalue weighted by Crippen LogP contribution is -2.58. The van der Waals surface area contributed by atoms with Crippen LogP contribution in [0.4, 0.5) is 0 Å². The summed E-state index contributed by atoms with van der Waals surface area (Å²) < 4.78 is 6.29. The molecule has 1 aromatic rings. The fourth-order valence-electron chi connectivity index (χ4n) is 5.51. The van der Waals surface area contributed by atoms with Crippen molar-refractivity contribution in [3.8, 4) is 0 Å². The zero-order valence-electron chi connectivity index (χ0n) is 19.4. The van der Waals surface area contributed by atoms with Gasteiger partial charge in [0.1, 0.15) is 6.04 Å². The van der Waals surface area contributed by atoms with E-state index in [0.717, 1.165) is 44.2 Å². The van der Waals surface area contributed by atoms with Crippen LogP contribution in [0.15, 0.2) is 30.3 Å². The van der Waals surface area contributed by atoms with Crippen LogP contribution in [0.5, 0.6) is 0 Å². The third-order valence-electron chi connectivity index (χ3n) is 7.52. The highest BCUT2D eigenvalue weighted by Gasteiger charge is 2.49. The van der Waals surface area contributed by atoms with Gasteiger partial charge in [-0.25, -0.2) is 0 Å². The van der Waals surface area contributed by atoms with Crippen LogP contribution < -0.4 is 16.0 Å². The summed E-state index contributed by atoms with van der Waals surface area (Å²) in [4.78, 5) is 28.6. The smallest absolute Gasteiger partial charge is 0.245 e. The molecule has 32 heavy (non-hydrogen) atoms. The topological polar surface area (TPSA) is 82.7 Å². The van der Waals surface area contributed by atoms with E-state index < -0.39 is 6.04 Å². The summed E-state index contributed by atoms with van der Waals surface area (Å²) in [6.45, 7) is 3.84. The molecule has 7 heteroatoms. The van der Waals surface area contributed by atoms with Gasteiger partial charge in [-0.15, -0.1) is 0 Å². The highest BCUT2D eigenvalue weighted by molar-refractivity contribution is 5.90. The highest BCUT2D eigenvalue weighted by atomic mass is 16.5. The van der Waals surface area contributed by atoms with Crippen LogP contribution in [0.3, 0.4) is 0 Å². The second kappa shape index (κ2) is 10.8. The maximum absolute atomic E-state index is 13.9. The minimum Gasteiger partial charge on any atom is -0.370 e. The van der Waals surface area contributed by atoms with Gasteiger partial charge in [-0.1, -0.05) is 49.6 Å². The third-order valence-corrected chi connectivity index (χ3v) is 7.52. The first-order valence-corrected chi connectivity index (χ1v) is 12.3. The Balaban J connectivity index is 1.47. The van der Waals surface area contributed by atoms with Gasteiger partial charge in [0.25, 0.3) is 0 Å². The van der Waals surface area contributed by atoms with E-state index in [1.54, 1.807) is 7.05 Å². The summed E-state index contributed by atoms with van der Waals surface area (Å²) in [7, 11) is 1.77. The molecule has 1 saturated carbocycles. The predicted octanol–water partition coefficient (Wildman–Crippen LogP) is 1.82. The summed E-state index contributed by atoms with van der Waals surface area (Å²) in [5.41, 5.74) is 1.14. The number of likely N-dealkylation sites (N-methyl/N-ethyl adjacent to an activating group) is 1. The normalized spacial score (nSPS) is 27.7. The van der Waals surface area contributed by atoms with Crippen molar-refractivity contribution >= 4 is 11.8 Å². The van der Waals surface area contributed by atoms with Gasteiger partial charge in [0.15, 0.2) is 0 Å². The fraction of sp³-hybridized carbons (Fsp3) is 0.680. The number of benzene rings is 1. The minimum absolute atomic E-state index is 0.0240. The van der Waals surface area contributed by atoms with Crippen LogP contribution in [-0.2, 0) is 20.9 Å². The first-order valence-electron chi connectivity index (χ1n) is 12.3. The Labute approximate surface area is 191 Å². The standard InChI is InChI=1S/C25H38N4O3/c1-17(26-2)24(30)28-22(19-11-7-4-8-12-19)25(31)29-14-13-20-23(29)21(15-27-20)32-16-18-9-5-3-6-10-18/h3,5-6,9-10,17,19-23,26-27H,4,7-8,11-16H2,1-2H3,(H,28,30)/t17-,20+,21-,22-,23?/m0/s1. The monoisotopic (exact) mass is 442 g/mol. The second-order valence-electron chi connectivity index (χ2n) is 9.56. The van der Waals surface area contributed by atoms with Crippen molar-refractivity contribution in [2.45, 2.75) is 82.3 Å². The van der Waals surface area contributed by atoms with Crippen molar-refractivity contribution in [3.63, 3.8) is 0 Å². The van der Waals surface area contributed by atoms with Crippen LogP contribution in [0.25, 0.3) is 0 Å². The molecule has 3 N–H and O–H groups in total. The van der Waals surface area contributed by atoms with Gasteiger partial charge in [-0.2, -0.15) is 0 Å². The van der Waals surface area contributed by atoms with Gasteiger partial charge < -0.3 is 25.6 Å². The molecule has 2 saturated heterocycles. The van der Waals surface area contributed by atoms with Gasteiger partial charge >= 0.3 is 0 Å². The lowest BCUT2D eigenvalue weighted by atomic mass is 9.83. The SMILES string of the molecule is CN[C@@H](C)C(=O)N[C@H](C(=O)N1CC[C@H]2NC[C@H](OCc3ccccc3)C21)C1CCCCC1. The van der Waals surface area contributed by atoms with E-state index in [0.29, 0.717) is 13.2 Å². The van der Waals surface area contributed by atoms with Crippen LogP contribution in [0, 0.1) is 5.92 Å². The Morgan fingerprint density at radius 3 is 2.62 bits per heavy atom. The molecule has 0 spiro atoms. The predicted molar refractivity (Wildman–Crippen MR) is 124 cm³/mol. The van der Waals surface area contributed by atoms with Crippen molar-refractivity contribution < 1.29 is 14.3 Å². The second-order valence-corrected chi connectivity index (χ2v) is 9.56. The summed E-state index contributed by atoms with van der Waals surface area (Å²) >= 11 is 0. The molecule has 4 rings (SSSR count). The molecule has 5 atom stereocenters. The minimum atomic E-state index is -0.451. The Morgan fingerprint density at radius 1 is 1.16 bits per heavy atom. The third kappa shape index (κ3) is 5.16. The summed E-state index contributed by atoms with van der Waals surface area (Å²) in [5.74, 6) is 0.174. The molecule has 1 aliphatic carbocycles. The molecular weight excluding hydrogens is 404 g/mol. The van der Waals surface area contributed by atoms with E-state index in [4.69, 9.17) is 4.74 Å². The van der Waals surface area contributed by atoms with Crippen molar-refractivity contribution in [1.29, 1.82) is 0 Å². The van der Waals surface area contributed by atoms with Crippen molar-refractivity contribution in [2.24, 2.45) is 5.92 Å². The van der Waals surface area contributed by atoms with Crippen LogP contribution in [0.2, 0.25) is 0 Å². The van der Waals surface area contributed by atoms with E-state index in [9.17, 15) is 9.59 Å². The molecule has 7 nitrogen and oxygen atoms in total. The summed E-state index contributed by atoms with van der Waals surface area (Å²) in [6.07, 6.45) is 6.36. The number of nitrogens with zero attached hydrogens (tertiary/aromatic N) is 1. The van der Waals surface area contributed by atoms with Crippen molar-refractivity contribution in [3.05, 3.63) is 35.9 Å². The van der Waals surface area contributed by atoms with Crippen LogP contribution in [-0.4, -0.2) is 67.1 Å². The van der Waals surface area contributed by atoms with Crippen molar-refractivity contribution in [1.82, 2.24) is 20.9 Å². The molecule has 176 valence electrons. The molecule has 1 unspecified atom stereocenters. The van der Waals surface area contributed by atoms with Gasteiger partial charge in [-0.3, -0.25) is 9.59 Å². The maximum Gasteiger partial charge on any atom is 0.245 e. The van der Waals surface area contributed by atoms with Gasteiger partial charge in [0.05, 0.1) is 24.8 Å². The lowest BCUT2D eigenvalue weighted by molar-refractivity contribution is -0.141.